The van der Waals surface area contributed by atoms with Crippen molar-refractivity contribution in [3.63, 3.8) is 0 Å². The van der Waals surface area contributed by atoms with Gasteiger partial charge in [-0.25, -0.2) is 13.6 Å². The van der Waals surface area contributed by atoms with Crippen LogP contribution in [0.4, 0.5) is 5.69 Å². The monoisotopic (exact) mass is 331 g/mol. The van der Waals surface area contributed by atoms with Crippen LogP contribution in [0.3, 0.4) is 0 Å². The molecule has 116 valence electrons. The van der Waals surface area contributed by atoms with Crippen LogP contribution in [0.2, 0.25) is 5.02 Å². The van der Waals surface area contributed by atoms with Gasteiger partial charge in [0.05, 0.1) is 21.6 Å². The Morgan fingerprint density at radius 3 is 2.81 bits per heavy atom. The Kier molecular flexibility index (Phi) is 5.21. The van der Waals surface area contributed by atoms with Crippen LogP contribution in [0.1, 0.15) is 25.7 Å². The topological polar surface area (TPSA) is 101 Å². The molecule has 1 aromatic carbocycles. The zero-order valence-electron chi connectivity index (χ0n) is 11.4. The molecule has 1 atom stereocenters. The normalized spacial score (nSPS) is 19.8. The molecule has 0 spiro atoms. The number of rotatable bonds is 3. The van der Waals surface area contributed by atoms with Crippen LogP contribution in [-0.2, 0) is 14.8 Å². The molecule has 8 heteroatoms. The molecule has 6 nitrogen and oxygen atoms in total. The second kappa shape index (κ2) is 6.74. The Balaban J connectivity index is 2.16. The van der Waals surface area contributed by atoms with Gasteiger partial charge in [-0.3, -0.25) is 4.79 Å². The maximum absolute atomic E-state index is 12.2. The second-order valence-corrected chi connectivity index (χ2v) is 7.00. The number of nitrogens with two attached hydrogens (primary N) is 1. The number of sulfonamides is 1. The fourth-order valence-electron chi connectivity index (χ4n) is 2.25. The summed E-state index contributed by atoms with van der Waals surface area (Å²) in [5.74, 6) is -0.217. The lowest BCUT2D eigenvalue weighted by molar-refractivity contribution is -0.118. The highest BCUT2D eigenvalue weighted by Gasteiger charge is 2.21. The highest BCUT2D eigenvalue weighted by Crippen LogP contribution is 2.25. The van der Waals surface area contributed by atoms with E-state index in [2.05, 4.69) is 10.6 Å². The van der Waals surface area contributed by atoms with E-state index in [4.69, 9.17) is 16.7 Å². The number of benzene rings is 1. The minimum absolute atomic E-state index is 0.0870. The molecule has 0 radical (unpaired) electrons. The van der Waals surface area contributed by atoms with Crippen LogP contribution in [-0.4, -0.2) is 26.9 Å². The number of hydrogen-bond donors (Lipinski definition) is 3. The van der Waals surface area contributed by atoms with E-state index in [1.807, 2.05) is 0 Å². The summed E-state index contributed by atoms with van der Waals surface area (Å²) < 4.78 is 22.7. The second-order valence-electron chi connectivity index (χ2n) is 5.03. The van der Waals surface area contributed by atoms with E-state index in [-0.39, 0.29) is 27.6 Å². The molecule has 1 aliphatic rings. The maximum Gasteiger partial charge on any atom is 0.241 e. The van der Waals surface area contributed by atoms with E-state index in [1.165, 1.54) is 18.2 Å². The van der Waals surface area contributed by atoms with Crippen molar-refractivity contribution in [2.75, 3.05) is 11.9 Å². The highest BCUT2D eigenvalue weighted by atomic mass is 35.5. The van der Waals surface area contributed by atoms with E-state index in [0.29, 0.717) is 0 Å². The largest absolute Gasteiger partial charge is 0.323 e. The van der Waals surface area contributed by atoms with Gasteiger partial charge in [0, 0.05) is 0 Å². The third-order valence-corrected chi connectivity index (χ3v) is 4.64. The van der Waals surface area contributed by atoms with Crippen molar-refractivity contribution in [1.82, 2.24) is 5.32 Å². The van der Waals surface area contributed by atoms with Gasteiger partial charge < -0.3 is 10.6 Å². The van der Waals surface area contributed by atoms with Crippen LogP contribution in [0.5, 0.6) is 0 Å². The molecule has 0 aliphatic carbocycles. The number of carbonyl (C=O) groups excluding carboxylic acids is 1. The molecular weight excluding hydrogens is 314 g/mol. The summed E-state index contributed by atoms with van der Waals surface area (Å²) in [7, 11) is -3.83. The van der Waals surface area contributed by atoms with Crippen LogP contribution in [0.15, 0.2) is 23.1 Å². The van der Waals surface area contributed by atoms with Crippen molar-refractivity contribution in [2.45, 2.75) is 36.6 Å². The van der Waals surface area contributed by atoms with Crippen molar-refractivity contribution < 1.29 is 13.2 Å². The molecule has 0 bridgehead atoms. The third-order valence-electron chi connectivity index (χ3n) is 3.40. The van der Waals surface area contributed by atoms with E-state index < -0.39 is 10.0 Å². The fourth-order valence-corrected chi connectivity index (χ4v) is 2.95. The number of anilines is 1. The molecule has 1 aromatic rings. The first-order valence-electron chi connectivity index (χ1n) is 6.74. The van der Waals surface area contributed by atoms with Gasteiger partial charge in [0.25, 0.3) is 0 Å². The Bertz CT molecular complexity index is 626. The summed E-state index contributed by atoms with van der Waals surface area (Å²) in [6, 6.07) is 3.68. The SMILES string of the molecule is NS(=O)(=O)c1ccc(Cl)c(NC(=O)C2CCCCCN2)c1. The zero-order chi connectivity index (χ0) is 15.5. The lowest BCUT2D eigenvalue weighted by Crippen LogP contribution is -2.39. The standard InChI is InChI=1S/C13H18ClN3O3S/c14-10-6-5-9(21(15,19)20)8-12(10)17-13(18)11-4-2-1-3-7-16-11/h5-6,8,11,16H,1-4,7H2,(H,17,18)(H2,15,19,20). The van der Waals surface area contributed by atoms with Crippen molar-refractivity contribution in [3.05, 3.63) is 23.2 Å². The average molecular weight is 332 g/mol. The molecular formula is C13H18ClN3O3S. The summed E-state index contributed by atoms with van der Waals surface area (Å²) in [5, 5.41) is 11.2. The maximum atomic E-state index is 12.2. The van der Waals surface area contributed by atoms with E-state index >= 15 is 0 Å². The minimum Gasteiger partial charge on any atom is -0.323 e. The van der Waals surface area contributed by atoms with Crippen molar-refractivity contribution in [2.24, 2.45) is 5.14 Å². The molecule has 21 heavy (non-hydrogen) atoms. The van der Waals surface area contributed by atoms with Crippen LogP contribution < -0.4 is 15.8 Å². The Morgan fingerprint density at radius 2 is 2.10 bits per heavy atom. The van der Waals surface area contributed by atoms with Gasteiger partial charge in [-0.05, 0) is 37.6 Å². The highest BCUT2D eigenvalue weighted by molar-refractivity contribution is 7.89. The summed E-state index contributed by atoms with van der Waals surface area (Å²) >= 11 is 5.99. The number of amides is 1. The number of nitrogens with one attached hydrogen (secondary N) is 2. The number of halogens is 1. The van der Waals surface area contributed by atoms with Gasteiger partial charge >= 0.3 is 0 Å². The predicted molar refractivity (Wildman–Crippen MR) is 81.7 cm³/mol. The predicted octanol–water partition coefficient (Wildman–Crippen LogP) is 1.46. The van der Waals surface area contributed by atoms with Crippen LogP contribution in [0, 0.1) is 0 Å². The Labute approximate surface area is 129 Å². The third kappa shape index (κ3) is 4.41. The fraction of sp³-hybridized carbons (Fsp3) is 0.462. The smallest absolute Gasteiger partial charge is 0.241 e. The summed E-state index contributed by atoms with van der Waals surface area (Å²) in [6.45, 7) is 0.795. The summed E-state index contributed by atoms with van der Waals surface area (Å²) in [6.07, 6.45) is 3.87. The lowest BCUT2D eigenvalue weighted by atomic mass is 10.1. The summed E-state index contributed by atoms with van der Waals surface area (Å²) in [5.41, 5.74) is 0.249. The van der Waals surface area contributed by atoms with E-state index in [0.717, 1.165) is 32.2 Å². The van der Waals surface area contributed by atoms with Crippen molar-refractivity contribution in [3.8, 4) is 0 Å². The molecule has 1 amide bonds. The molecule has 2 rings (SSSR count). The molecule has 1 unspecified atom stereocenters. The Morgan fingerprint density at radius 1 is 1.33 bits per heavy atom. The van der Waals surface area contributed by atoms with Crippen molar-refractivity contribution >= 4 is 33.2 Å². The van der Waals surface area contributed by atoms with Gasteiger partial charge in [-0.1, -0.05) is 24.4 Å². The first-order valence-corrected chi connectivity index (χ1v) is 8.67. The molecule has 1 aliphatic heterocycles. The number of primary sulfonamides is 1. The quantitative estimate of drug-likeness (QED) is 0.780. The van der Waals surface area contributed by atoms with Crippen LogP contribution in [0.25, 0.3) is 0 Å². The van der Waals surface area contributed by atoms with Gasteiger partial charge in [0.15, 0.2) is 0 Å². The van der Waals surface area contributed by atoms with E-state index in [9.17, 15) is 13.2 Å². The van der Waals surface area contributed by atoms with Crippen molar-refractivity contribution in [1.29, 1.82) is 0 Å². The first kappa shape index (κ1) is 16.2. The van der Waals surface area contributed by atoms with Crippen LogP contribution >= 0.6 is 11.6 Å². The van der Waals surface area contributed by atoms with Gasteiger partial charge in [0.1, 0.15) is 0 Å². The van der Waals surface area contributed by atoms with E-state index in [1.54, 1.807) is 0 Å². The molecule has 1 fully saturated rings. The average Bonchev–Trinajstić information content (AvgIpc) is 2.68. The molecule has 0 saturated carbocycles. The molecule has 4 N–H and O–H groups in total. The van der Waals surface area contributed by atoms with Gasteiger partial charge in [-0.15, -0.1) is 0 Å². The van der Waals surface area contributed by atoms with Gasteiger partial charge in [0.2, 0.25) is 15.9 Å². The zero-order valence-corrected chi connectivity index (χ0v) is 13.0. The number of carbonyl (C=O) groups is 1. The minimum atomic E-state index is -3.83. The van der Waals surface area contributed by atoms with Gasteiger partial charge in [-0.2, -0.15) is 0 Å². The molecule has 1 heterocycles. The number of hydrogen-bond acceptors (Lipinski definition) is 4. The Hall–Kier alpha value is -1.15. The lowest BCUT2D eigenvalue weighted by Gasteiger charge is -2.16. The molecule has 1 saturated heterocycles. The molecule has 0 aromatic heterocycles. The summed E-state index contributed by atoms with van der Waals surface area (Å²) in [4.78, 5) is 12.1. The first-order chi connectivity index (χ1) is 9.88.